The Morgan fingerprint density at radius 1 is 1.19 bits per heavy atom. The molecule has 0 radical (unpaired) electrons. The molecule has 168 valence electrons. The van der Waals surface area contributed by atoms with E-state index in [1.165, 1.54) is 23.1 Å². The summed E-state index contributed by atoms with van der Waals surface area (Å²) in [5, 5.41) is 0. The monoisotopic (exact) mass is 440 g/mol. The van der Waals surface area contributed by atoms with Gasteiger partial charge in [-0.1, -0.05) is 30.3 Å². The van der Waals surface area contributed by atoms with E-state index in [9.17, 15) is 27.2 Å². The van der Waals surface area contributed by atoms with Crippen LogP contribution >= 0.6 is 0 Å². The van der Waals surface area contributed by atoms with E-state index in [2.05, 4.69) is 0 Å². The van der Waals surface area contributed by atoms with Crippen molar-refractivity contribution in [1.82, 2.24) is 4.90 Å². The minimum Gasteiger partial charge on any atom is -0.446 e. The Balaban J connectivity index is 0.000000412. The molecule has 2 atom stereocenters. The Hall–Kier alpha value is -3.10. The van der Waals surface area contributed by atoms with Crippen LogP contribution in [0.4, 0.5) is 22.4 Å². The molecular weight excluding hydrogens is 416 g/mol. The summed E-state index contributed by atoms with van der Waals surface area (Å²) in [5.74, 6) is -0.645. The maximum absolute atomic E-state index is 12.8. The molecule has 1 saturated heterocycles. The lowest BCUT2D eigenvalue weighted by Gasteiger charge is -2.36. The minimum absolute atomic E-state index is 0.126. The van der Waals surface area contributed by atoms with Gasteiger partial charge in [-0.05, 0) is 43.2 Å². The molecule has 5 nitrogen and oxygen atoms in total. The summed E-state index contributed by atoms with van der Waals surface area (Å²) in [5.41, 5.74) is 4.70. The average molecular weight is 440 g/mol. The van der Waals surface area contributed by atoms with Crippen molar-refractivity contribution in [2.24, 2.45) is 5.73 Å². The molecule has 2 aromatic rings. The van der Waals surface area contributed by atoms with Crippen molar-refractivity contribution in [2.45, 2.75) is 44.5 Å². The van der Waals surface area contributed by atoms with Gasteiger partial charge < -0.3 is 15.4 Å². The molecule has 0 spiro atoms. The van der Waals surface area contributed by atoms with Gasteiger partial charge in [0.1, 0.15) is 11.9 Å². The topological polar surface area (TPSA) is 72.6 Å². The molecule has 9 heteroatoms. The zero-order valence-corrected chi connectivity index (χ0v) is 16.9. The average Bonchev–Trinajstić information content (AvgIpc) is 2.72. The third-order valence-electron chi connectivity index (χ3n) is 4.80. The molecule has 3 rings (SSSR count). The van der Waals surface area contributed by atoms with Crippen LogP contribution in [-0.4, -0.2) is 29.5 Å². The van der Waals surface area contributed by atoms with E-state index < -0.39 is 35.9 Å². The number of alkyl halides is 3. The molecular formula is C22H24F4N2O3. The van der Waals surface area contributed by atoms with Crippen LogP contribution < -0.4 is 5.73 Å². The van der Waals surface area contributed by atoms with Crippen LogP contribution in [0, 0.1) is 5.82 Å². The number of halogens is 4. The maximum Gasteiger partial charge on any atom is 0.416 e. The van der Waals surface area contributed by atoms with Gasteiger partial charge in [0.05, 0.1) is 11.6 Å². The highest BCUT2D eigenvalue weighted by atomic mass is 19.4. The Bertz CT molecular complexity index is 875. The van der Waals surface area contributed by atoms with Crippen molar-refractivity contribution in [2.75, 3.05) is 6.54 Å². The highest BCUT2D eigenvalue weighted by Gasteiger charge is 2.33. The summed E-state index contributed by atoms with van der Waals surface area (Å²) in [4.78, 5) is 24.3. The predicted octanol–water partition coefficient (Wildman–Crippen LogP) is 5.07. The molecule has 0 saturated carbocycles. The van der Waals surface area contributed by atoms with E-state index in [4.69, 9.17) is 10.5 Å². The third-order valence-corrected chi connectivity index (χ3v) is 4.80. The molecule has 1 aliphatic rings. The van der Waals surface area contributed by atoms with E-state index in [1.807, 2.05) is 0 Å². The number of rotatable bonds is 5. The smallest absolute Gasteiger partial charge is 0.416 e. The van der Waals surface area contributed by atoms with Crippen molar-refractivity contribution in [3.8, 4) is 0 Å². The normalized spacial score (nSPS) is 17.3. The van der Waals surface area contributed by atoms with Gasteiger partial charge in [0.25, 0.3) is 0 Å². The van der Waals surface area contributed by atoms with E-state index in [-0.39, 0.29) is 12.2 Å². The van der Waals surface area contributed by atoms with E-state index in [0.717, 1.165) is 12.1 Å². The number of nitrogens with zero attached hydrogens (tertiary/aromatic N) is 1. The second kappa shape index (κ2) is 10.8. The van der Waals surface area contributed by atoms with Gasteiger partial charge in [-0.25, -0.2) is 9.18 Å². The number of carbonyl (C=O) groups excluding carboxylic acids is 2. The Morgan fingerprint density at radius 3 is 2.39 bits per heavy atom. The predicted molar refractivity (Wildman–Crippen MR) is 106 cm³/mol. The molecule has 0 bridgehead atoms. The lowest BCUT2D eigenvalue weighted by Crippen LogP contribution is -2.43. The fourth-order valence-corrected chi connectivity index (χ4v) is 3.07. The summed E-state index contributed by atoms with van der Waals surface area (Å²) in [6.07, 6.45) is -4.44. The van der Waals surface area contributed by atoms with E-state index in [0.29, 0.717) is 24.9 Å². The number of nitrogens with two attached hydrogens (primary N) is 1. The number of hydrogen-bond acceptors (Lipinski definition) is 3. The number of carbonyl (C=O) groups is 2. The molecule has 0 aromatic heterocycles. The zero-order chi connectivity index (χ0) is 23.0. The number of amides is 2. The van der Waals surface area contributed by atoms with Gasteiger partial charge in [0.2, 0.25) is 5.91 Å². The lowest BCUT2D eigenvalue weighted by atomic mass is 10.0. The van der Waals surface area contributed by atoms with E-state index in [1.54, 1.807) is 31.2 Å². The summed E-state index contributed by atoms with van der Waals surface area (Å²) < 4.78 is 55.6. The van der Waals surface area contributed by atoms with Crippen molar-refractivity contribution in [3.05, 3.63) is 71.5 Å². The quantitative estimate of drug-likeness (QED) is 0.660. The lowest BCUT2D eigenvalue weighted by molar-refractivity contribution is -0.137. The van der Waals surface area contributed by atoms with Crippen LogP contribution in [0.15, 0.2) is 54.6 Å². The number of cyclic esters (lactones) is 1. The molecule has 31 heavy (non-hydrogen) atoms. The van der Waals surface area contributed by atoms with Crippen LogP contribution in [0.25, 0.3) is 0 Å². The minimum atomic E-state index is -4.43. The maximum atomic E-state index is 12.8. The van der Waals surface area contributed by atoms with Gasteiger partial charge in [-0.15, -0.1) is 0 Å². The molecule has 1 heterocycles. The Morgan fingerprint density at radius 2 is 1.87 bits per heavy atom. The van der Waals surface area contributed by atoms with Crippen LogP contribution in [0.5, 0.6) is 0 Å². The first-order chi connectivity index (χ1) is 14.6. The van der Waals surface area contributed by atoms with Gasteiger partial charge in [0, 0.05) is 19.4 Å². The van der Waals surface area contributed by atoms with E-state index >= 15 is 0 Å². The summed E-state index contributed by atoms with van der Waals surface area (Å²) >= 11 is 0. The number of hydrogen-bond donors (Lipinski definition) is 1. The molecule has 1 aliphatic heterocycles. The highest BCUT2D eigenvalue weighted by Crippen LogP contribution is 2.33. The fourth-order valence-electron chi connectivity index (χ4n) is 3.07. The van der Waals surface area contributed by atoms with Gasteiger partial charge in [-0.2, -0.15) is 13.2 Å². The second-order valence-electron chi connectivity index (χ2n) is 7.09. The molecule has 2 N–H and O–H groups in total. The molecule has 2 amide bonds. The van der Waals surface area contributed by atoms with Crippen LogP contribution in [0.2, 0.25) is 0 Å². The largest absolute Gasteiger partial charge is 0.446 e. The van der Waals surface area contributed by atoms with Crippen molar-refractivity contribution in [1.29, 1.82) is 0 Å². The number of ether oxygens (including phenoxy) is 1. The van der Waals surface area contributed by atoms with Crippen LogP contribution in [0.1, 0.15) is 43.4 Å². The zero-order valence-electron chi connectivity index (χ0n) is 16.9. The first kappa shape index (κ1) is 24.2. The third kappa shape index (κ3) is 7.58. The van der Waals surface area contributed by atoms with Crippen LogP contribution in [-0.2, 0) is 15.7 Å². The number of benzene rings is 2. The highest BCUT2D eigenvalue weighted by molar-refractivity contribution is 5.74. The molecule has 0 aliphatic carbocycles. The SMILES string of the molecule is CC(c1cccc(C(F)(F)F)c1)N1CCC(CCC(N)=O)OC1=O.Fc1ccccc1. The van der Waals surface area contributed by atoms with Crippen molar-refractivity contribution >= 4 is 12.0 Å². The first-order valence-electron chi connectivity index (χ1n) is 9.71. The Kier molecular flexibility index (Phi) is 8.41. The van der Waals surface area contributed by atoms with Crippen LogP contribution in [0.3, 0.4) is 0 Å². The summed E-state index contributed by atoms with van der Waals surface area (Å²) in [6, 6.07) is 12.3. The van der Waals surface area contributed by atoms with Gasteiger partial charge in [-0.3, -0.25) is 4.79 Å². The first-order valence-corrected chi connectivity index (χ1v) is 9.71. The summed E-state index contributed by atoms with van der Waals surface area (Å²) in [7, 11) is 0. The molecule has 2 unspecified atom stereocenters. The fraction of sp³-hybridized carbons (Fsp3) is 0.364. The Labute approximate surface area is 177 Å². The van der Waals surface area contributed by atoms with Crippen molar-refractivity contribution in [3.63, 3.8) is 0 Å². The standard InChI is InChI=1S/C16H19F3N2O3.C6H5F/c1-10(11-3-2-4-12(9-11)16(17,18)19)21-8-7-13(24-15(21)23)5-6-14(20)22;7-6-4-2-1-3-5-6/h2-4,9-10,13H,5-8H2,1H3,(H2,20,22);1-5H. The summed E-state index contributed by atoms with van der Waals surface area (Å²) in [6.45, 7) is 2.00. The molecule has 2 aromatic carbocycles. The van der Waals surface area contributed by atoms with Crippen molar-refractivity contribution < 1.29 is 31.9 Å². The van der Waals surface area contributed by atoms with Gasteiger partial charge in [0.15, 0.2) is 0 Å². The van der Waals surface area contributed by atoms with Gasteiger partial charge >= 0.3 is 12.3 Å². The number of primary amides is 1. The molecule has 1 fully saturated rings. The second-order valence-corrected chi connectivity index (χ2v) is 7.09.